The lowest BCUT2D eigenvalue weighted by molar-refractivity contribution is -0.136. The van der Waals surface area contributed by atoms with Gasteiger partial charge < -0.3 is 10.4 Å². The number of carbonyl (C=O) groups excluding carboxylic acids is 2. The van der Waals surface area contributed by atoms with Crippen molar-refractivity contribution in [3.63, 3.8) is 0 Å². The van der Waals surface area contributed by atoms with Gasteiger partial charge in [-0.2, -0.15) is 0 Å². The maximum atomic E-state index is 13.5. The van der Waals surface area contributed by atoms with E-state index in [1.807, 2.05) is 0 Å². The van der Waals surface area contributed by atoms with Crippen molar-refractivity contribution in [2.24, 2.45) is 4.99 Å². The number of hydrazine groups is 1. The Kier molecular flexibility index (Phi) is 16.1. The monoisotopic (exact) mass is 716 g/mol. The Balaban J connectivity index is 1.62. The van der Waals surface area contributed by atoms with E-state index in [-0.39, 0.29) is 39.6 Å². The van der Waals surface area contributed by atoms with Crippen LogP contribution >= 0.6 is 58.2 Å². The van der Waals surface area contributed by atoms with Crippen molar-refractivity contribution in [1.29, 1.82) is 0 Å². The van der Waals surface area contributed by atoms with Crippen LogP contribution in [-0.4, -0.2) is 39.7 Å². The van der Waals surface area contributed by atoms with Crippen molar-refractivity contribution in [1.82, 2.24) is 5.43 Å². The zero-order valence-electron chi connectivity index (χ0n) is 25.4. The Morgan fingerprint density at radius 2 is 1.49 bits per heavy atom. The highest BCUT2D eigenvalue weighted by Crippen LogP contribution is 2.39. The third-order valence-corrected chi connectivity index (χ3v) is 9.52. The second-order valence-corrected chi connectivity index (χ2v) is 13.8. The molecule has 0 aromatic heterocycles. The lowest BCUT2D eigenvalue weighted by atomic mass is 10.1. The number of halogens is 4. The Morgan fingerprint density at radius 3 is 2.09 bits per heavy atom. The first kappa shape index (κ1) is 37.3. The molecule has 1 unspecified atom stereocenters. The first-order chi connectivity index (χ1) is 21.6. The molecular weight excluding hydrogens is 678 g/mol. The lowest BCUT2D eigenvalue weighted by Crippen LogP contribution is -2.36. The summed E-state index contributed by atoms with van der Waals surface area (Å²) in [5.74, 6) is -1.15. The fourth-order valence-electron chi connectivity index (χ4n) is 4.85. The first-order valence-corrected chi connectivity index (χ1v) is 17.9. The second-order valence-electron chi connectivity index (χ2n) is 10.9. The Morgan fingerprint density at radius 1 is 0.889 bits per heavy atom. The van der Waals surface area contributed by atoms with Gasteiger partial charge in [0.2, 0.25) is 5.91 Å². The maximum Gasteiger partial charge on any atom is 0.304 e. The van der Waals surface area contributed by atoms with Gasteiger partial charge in [-0.05, 0) is 36.8 Å². The van der Waals surface area contributed by atoms with Crippen LogP contribution in [0.3, 0.4) is 0 Å². The lowest BCUT2D eigenvalue weighted by Gasteiger charge is -2.19. The minimum absolute atomic E-state index is 0.0960. The van der Waals surface area contributed by atoms with Crippen LogP contribution in [0.15, 0.2) is 35.3 Å². The number of aliphatic imine (C=N–C) groups is 1. The number of amidine groups is 1. The SMILES string of the molecule is CCCCCCCCCCCCCC(=O)Nc1ccc(Cl)c(N=C2NN(c3c(Cl)cc(Cl)cc3Cl)C(=O)C2SCCC(=O)O)c1. The van der Waals surface area contributed by atoms with Crippen molar-refractivity contribution in [3.8, 4) is 0 Å². The van der Waals surface area contributed by atoms with Gasteiger partial charge in [0.1, 0.15) is 16.8 Å². The average Bonchev–Trinajstić information content (AvgIpc) is 3.26. The number of carbonyl (C=O) groups is 3. The molecule has 0 radical (unpaired) electrons. The zero-order chi connectivity index (χ0) is 32.8. The molecule has 3 N–H and O–H groups in total. The first-order valence-electron chi connectivity index (χ1n) is 15.4. The number of hydrogen-bond donors (Lipinski definition) is 3. The number of hydrogen-bond acceptors (Lipinski definition) is 5. The normalized spacial score (nSPS) is 15.5. The molecule has 1 fully saturated rings. The molecule has 0 bridgehead atoms. The van der Waals surface area contributed by atoms with Gasteiger partial charge in [0.25, 0.3) is 5.91 Å². The molecular formula is C32H40Cl4N4O4S. The minimum Gasteiger partial charge on any atom is -0.481 e. The van der Waals surface area contributed by atoms with Gasteiger partial charge in [0.05, 0.1) is 27.2 Å². The van der Waals surface area contributed by atoms with E-state index in [1.54, 1.807) is 18.2 Å². The highest BCUT2D eigenvalue weighted by atomic mass is 35.5. The van der Waals surface area contributed by atoms with E-state index >= 15 is 0 Å². The summed E-state index contributed by atoms with van der Waals surface area (Å²) in [5, 5.41) is 13.2. The number of anilines is 2. The molecule has 246 valence electrons. The quantitative estimate of drug-likeness (QED) is 0.125. The van der Waals surface area contributed by atoms with Gasteiger partial charge in [-0.3, -0.25) is 19.8 Å². The molecule has 2 aromatic rings. The van der Waals surface area contributed by atoms with Gasteiger partial charge in [-0.15, -0.1) is 11.8 Å². The molecule has 0 saturated carbocycles. The molecule has 8 nitrogen and oxygen atoms in total. The summed E-state index contributed by atoms with van der Waals surface area (Å²) in [7, 11) is 0. The molecule has 2 amide bonds. The summed E-state index contributed by atoms with van der Waals surface area (Å²) in [4.78, 5) is 41.9. The van der Waals surface area contributed by atoms with Crippen molar-refractivity contribution >= 4 is 98.8 Å². The van der Waals surface area contributed by atoms with Crippen molar-refractivity contribution < 1.29 is 19.5 Å². The van der Waals surface area contributed by atoms with E-state index in [4.69, 9.17) is 51.5 Å². The average molecular weight is 719 g/mol. The summed E-state index contributed by atoms with van der Waals surface area (Å²) in [6.07, 6.45) is 13.6. The molecule has 1 saturated heterocycles. The number of carboxylic acid groups (broad SMARTS) is 1. The highest BCUT2D eigenvalue weighted by molar-refractivity contribution is 8.01. The smallest absolute Gasteiger partial charge is 0.304 e. The van der Waals surface area contributed by atoms with Crippen LogP contribution in [-0.2, 0) is 14.4 Å². The molecule has 13 heteroatoms. The third-order valence-electron chi connectivity index (χ3n) is 7.20. The van der Waals surface area contributed by atoms with Crippen LogP contribution in [0, 0.1) is 0 Å². The summed E-state index contributed by atoms with van der Waals surface area (Å²) < 4.78 is 0. The standard InChI is InChI=1S/C32H40Cl4N4O4S/c1-2-3-4-5-6-7-8-9-10-11-12-13-27(41)37-22-14-15-23(34)26(20-22)38-31-30(45-17-16-28(42)43)32(44)40(39-31)29-24(35)18-21(33)19-25(29)36/h14-15,18-20,30H,2-13,16-17H2,1H3,(H,37,41)(H,38,39)(H,42,43). The van der Waals surface area contributed by atoms with E-state index in [1.165, 1.54) is 68.5 Å². The van der Waals surface area contributed by atoms with Gasteiger partial charge in [-0.1, -0.05) is 118 Å². The summed E-state index contributed by atoms with van der Waals surface area (Å²) in [6.45, 7) is 2.23. The van der Waals surface area contributed by atoms with E-state index in [0.717, 1.165) is 31.0 Å². The fraction of sp³-hybridized carbons (Fsp3) is 0.500. The number of benzene rings is 2. The highest BCUT2D eigenvalue weighted by Gasteiger charge is 2.40. The molecule has 0 aliphatic carbocycles. The Bertz CT molecular complexity index is 1340. The van der Waals surface area contributed by atoms with Crippen LogP contribution < -0.4 is 15.8 Å². The number of nitrogens with zero attached hydrogens (tertiary/aromatic N) is 2. The molecule has 1 atom stereocenters. The number of thioether (sulfide) groups is 1. The molecule has 2 aromatic carbocycles. The molecule has 1 aliphatic heterocycles. The molecule has 0 spiro atoms. The number of nitrogens with one attached hydrogen (secondary N) is 2. The van der Waals surface area contributed by atoms with Crippen LogP contribution in [0.25, 0.3) is 0 Å². The summed E-state index contributed by atoms with van der Waals surface area (Å²) in [5.41, 5.74) is 3.98. The van der Waals surface area contributed by atoms with Gasteiger partial charge in [0.15, 0.2) is 0 Å². The van der Waals surface area contributed by atoms with Crippen molar-refractivity contribution in [3.05, 3.63) is 50.4 Å². The van der Waals surface area contributed by atoms with Crippen LogP contribution in [0.2, 0.25) is 20.1 Å². The number of carboxylic acids is 1. The summed E-state index contributed by atoms with van der Waals surface area (Å²) >= 11 is 26.4. The van der Waals surface area contributed by atoms with E-state index < -0.39 is 17.1 Å². The Labute approximate surface area is 289 Å². The molecule has 45 heavy (non-hydrogen) atoms. The number of unbranched alkanes of at least 4 members (excludes halogenated alkanes) is 10. The second kappa shape index (κ2) is 19.5. The van der Waals surface area contributed by atoms with E-state index in [2.05, 4.69) is 22.7 Å². The van der Waals surface area contributed by atoms with E-state index in [0.29, 0.717) is 27.8 Å². The number of rotatable bonds is 19. The largest absolute Gasteiger partial charge is 0.481 e. The van der Waals surface area contributed by atoms with Crippen LogP contribution in [0.5, 0.6) is 0 Å². The molecule has 1 heterocycles. The minimum atomic E-state index is -0.986. The van der Waals surface area contributed by atoms with Crippen molar-refractivity contribution in [2.75, 3.05) is 16.1 Å². The van der Waals surface area contributed by atoms with Gasteiger partial charge in [0, 0.05) is 22.9 Å². The third kappa shape index (κ3) is 12.2. The number of amides is 2. The summed E-state index contributed by atoms with van der Waals surface area (Å²) in [6, 6.07) is 7.86. The van der Waals surface area contributed by atoms with Gasteiger partial charge >= 0.3 is 5.97 Å². The fourth-order valence-corrected chi connectivity index (χ4v) is 7.04. The molecule has 3 rings (SSSR count). The maximum absolute atomic E-state index is 13.5. The molecule has 1 aliphatic rings. The number of aliphatic carboxylic acids is 1. The predicted octanol–water partition coefficient (Wildman–Crippen LogP) is 10.1. The zero-order valence-corrected chi connectivity index (χ0v) is 29.2. The predicted molar refractivity (Wildman–Crippen MR) is 189 cm³/mol. The van der Waals surface area contributed by atoms with E-state index in [9.17, 15) is 14.4 Å². The van der Waals surface area contributed by atoms with Crippen LogP contribution in [0.4, 0.5) is 17.1 Å². The Hall–Kier alpha value is -2.17. The topological polar surface area (TPSA) is 111 Å². The van der Waals surface area contributed by atoms with Gasteiger partial charge in [-0.25, -0.2) is 10.0 Å². The van der Waals surface area contributed by atoms with Crippen molar-refractivity contribution in [2.45, 2.75) is 95.6 Å². The van der Waals surface area contributed by atoms with Crippen LogP contribution in [0.1, 0.15) is 90.4 Å².